The lowest BCUT2D eigenvalue weighted by atomic mass is 10.2. The zero-order valence-corrected chi connectivity index (χ0v) is 16.1. The number of amides is 1. The minimum absolute atomic E-state index is 0.0616. The summed E-state index contributed by atoms with van der Waals surface area (Å²) in [6, 6.07) is 5.46. The van der Waals surface area contributed by atoms with Gasteiger partial charge in [0.05, 0.1) is 24.3 Å². The molecule has 0 saturated carbocycles. The summed E-state index contributed by atoms with van der Waals surface area (Å²) in [5.41, 5.74) is 1.43. The Morgan fingerprint density at radius 3 is 2.69 bits per heavy atom. The molecule has 7 heteroatoms. The number of rotatable bonds is 8. The van der Waals surface area contributed by atoms with Crippen molar-refractivity contribution in [2.75, 3.05) is 19.0 Å². The molecule has 0 bridgehead atoms. The molecule has 0 aliphatic rings. The summed E-state index contributed by atoms with van der Waals surface area (Å²) >= 11 is 1.17. The molecule has 0 spiro atoms. The maximum Gasteiger partial charge on any atom is 0.250 e. The summed E-state index contributed by atoms with van der Waals surface area (Å²) < 4.78 is 10.9. The van der Waals surface area contributed by atoms with Crippen LogP contribution in [0.25, 0.3) is 6.08 Å². The fraction of sp³-hybridized carbons (Fsp3) is 0.316. The second-order valence-corrected chi connectivity index (χ2v) is 6.57. The number of carbonyl (C=O) groups is 2. The molecule has 0 atom stereocenters. The molecule has 2 rings (SSSR count). The third-order valence-electron chi connectivity index (χ3n) is 3.42. The highest BCUT2D eigenvalue weighted by Gasteiger charge is 2.12. The zero-order valence-electron chi connectivity index (χ0n) is 15.3. The van der Waals surface area contributed by atoms with Crippen LogP contribution in [0.1, 0.15) is 41.2 Å². The number of aryl methyl sites for hydroxylation is 1. The molecule has 2 aromatic rings. The van der Waals surface area contributed by atoms with E-state index in [1.165, 1.54) is 24.3 Å². The smallest absolute Gasteiger partial charge is 0.250 e. The Morgan fingerprint density at radius 2 is 2.08 bits per heavy atom. The van der Waals surface area contributed by atoms with Crippen LogP contribution in [0.3, 0.4) is 0 Å². The highest BCUT2D eigenvalue weighted by molar-refractivity contribution is 7.17. The Labute approximate surface area is 156 Å². The Hall–Kier alpha value is -2.67. The highest BCUT2D eigenvalue weighted by atomic mass is 32.1. The molecular formula is C19H22N2O4S. The summed E-state index contributed by atoms with van der Waals surface area (Å²) in [7, 11) is 1.58. The summed E-state index contributed by atoms with van der Waals surface area (Å²) in [4.78, 5) is 28.3. The van der Waals surface area contributed by atoms with E-state index >= 15 is 0 Å². The van der Waals surface area contributed by atoms with Crippen LogP contribution in [0.5, 0.6) is 11.5 Å². The predicted octanol–water partition coefficient (Wildman–Crippen LogP) is 4.10. The zero-order chi connectivity index (χ0) is 19.1. The topological polar surface area (TPSA) is 77.5 Å². The molecule has 0 unspecified atom stereocenters. The molecule has 138 valence electrons. The first-order valence-corrected chi connectivity index (χ1v) is 9.04. The van der Waals surface area contributed by atoms with Gasteiger partial charge >= 0.3 is 0 Å². The SMILES string of the molecule is CCCOc1ccc(/C=C/C(=O)Nc2nc(C)c(C(C)=O)s2)cc1OC. The Balaban J connectivity index is 2.05. The molecule has 0 aliphatic carbocycles. The standard InChI is InChI=1S/C19H22N2O4S/c1-5-10-25-15-8-6-14(11-16(15)24-4)7-9-17(23)21-19-20-12(2)18(26-19)13(3)22/h6-9,11H,5,10H2,1-4H3,(H,20,21,23)/b9-7+. The van der Waals surface area contributed by atoms with Gasteiger partial charge in [-0.05, 0) is 37.1 Å². The summed E-state index contributed by atoms with van der Waals surface area (Å²) in [5.74, 6) is 0.904. The normalized spacial score (nSPS) is 10.8. The van der Waals surface area contributed by atoms with Crippen LogP contribution in [-0.4, -0.2) is 30.4 Å². The average molecular weight is 374 g/mol. The van der Waals surface area contributed by atoms with Gasteiger partial charge in [0.2, 0.25) is 5.91 Å². The predicted molar refractivity (Wildman–Crippen MR) is 103 cm³/mol. The van der Waals surface area contributed by atoms with Crippen LogP contribution in [-0.2, 0) is 4.79 Å². The number of anilines is 1. The lowest BCUT2D eigenvalue weighted by molar-refractivity contribution is -0.111. The Kier molecular flexibility index (Phi) is 6.91. The third-order valence-corrected chi connectivity index (χ3v) is 4.60. The summed E-state index contributed by atoms with van der Waals surface area (Å²) in [6.07, 6.45) is 3.99. The van der Waals surface area contributed by atoms with Gasteiger partial charge in [-0.25, -0.2) is 4.98 Å². The molecule has 1 N–H and O–H groups in total. The van der Waals surface area contributed by atoms with Crippen molar-refractivity contribution in [1.29, 1.82) is 0 Å². The first-order valence-electron chi connectivity index (χ1n) is 8.22. The van der Waals surface area contributed by atoms with Crippen molar-refractivity contribution in [1.82, 2.24) is 4.98 Å². The van der Waals surface area contributed by atoms with E-state index in [1.807, 2.05) is 19.1 Å². The van der Waals surface area contributed by atoms with E-state index in [1.54, 1.807) is 26.2 Å². The van der Waals surface area contributed by atoms with Crippen molar-refractivity contribution in [2.45, 2.75) is 27.2 Å². The number of ether oxygens (including phenoxy) is 2. The number of aromatic nitrogens is 1. The number of hydrogen-bond acceptors (Lipinski definition) is 6. The van der Waals surface area contributed by atoms with Gasteiger partial charge in [0.25, 0.3) is 0 Å². The molecule has 1 amide bonds. The number of benzene rings is 1. The number of hydrogen-bond donors (Lipinski definition) is 1. The number of Topliss-reactive ketones (excluding diaryl/α,β-unsaturated/α-hetero) is 1. The monoisotopic (exact) mass is 374 g/mol. The van der Waals surface area contributed by atoms with Crippen LogP contribution in [0.2, 0.25) is 0 Å². The second-order valence-electron chi connectivity index (χ2n) is 5.57. The van der Waals surface area contributed by atoms with Crippen molar-refractivity contribution in [2.24, 2.45) is 0 Å². The first-order chi connectivity index (χ1) is 12.4. The molecule has 0 saturated heterocycles. The summed E-state index contributed by atoms with van der Waals surface area (Å²) in [5, 5.41) is 3.08. The van der Waals surface area contributed by atoms with Gasteiger partial charge in [-0.3, -0.25) is 14.9 Å². The number of nitrogens with one attached hydrogen (secondary N) is 1. The Morgan fingerprint density at radius 1 is 1.31 bits per heavy atom. The molecule has 0 fully saturated rings. The molecule has 0 radical (unpaired) electrons. The van der Waals surface area contributed by atoms with E-state index in [0.29, 0.717) is 33.8 Å². The minimum atomic E-state index is -0.320. The van der Waals surface area contributed by atoms with Gasteiger partial charge in [0.15, 0.2) is 22.4 Å². The van der Waals surface area contributed by atoms with E-state index < -0.39 is 0 Å². The molecule has 6 nitrogen and oxygen atoms in total. The van der Waals surface area contributed by atoms with Crippen LogP contribution < -0.4 is 14.8 Å². The number of nitrogens with zero attached hydrogens (tertiary/aromatic N) is 1. The summed E-state index contributed by atoms with van der Waals surface area (Å²) in [6.45, 7) is 5.87. The van der Waals surface area contributed by atoms with Gasteiger partial charge in [0.1, 0.15) is 0 Å². The van der Waals surface area contributed by atoms with Crippen molar-refractivity contribution < 1.29 is 19.1 Å². The van der Waals surface area contributed by atoms with Crippen molar-refractivity contribution in [3.63, 3.8) is 0 Å². The fourth-order valence-corrected chi connectivity index (χ4v) is 3.08. The van der Waals surface area contributed by atoms with Gasteiger partial charge in [-0.2, -0.15) is 0 Å². The van der Waals surface area contributed by atoms with Gasteiger partial charge in [-0.15, -0.1) is 0 Å². The molecule has 1 aromatic carbocycles. The van der Waals surface area contributed by atoms with Crippen LogP contribution in [0.4, 0.5) is 5.13 Å². The number of methoxy groups -OCH3 is 1. The largest absolute Gasteiger partial charge is 0.493 e. The van der Waals surface area contributed by atoms with E-state index in [2.05, 4.69) is 10.3 Å². The van der Waals surface area contributed by atoms with Gasteiger partial charge in [-0.1, -0.05) is 24.3 Å². The number of thiazole rings is 1. The average Bonchev–Trinajstić information content (AvgIpc) is 2.98. The number of carbonyl (C=O) groups excluding carboxylic acids is 2. The maximum atomic E-state index is 12.1. The van der Waals surface area contributed by atoms with Crippen LogP contribution in [0.15, 0.2) is 24.3 Å². The lowest BCUT2D eigenvalue weighted by Gasteiger charge is -2.10. The molecule has 0 aliphatic heterocycles. The minimum Gasteiger partial charge on any atom is -0.493 e. The molecule has 1 heterocycles. The van der Waals surface area contributed by atoms with E-state index in [0.717, 1.165) is 12.0 Å². The van der Waals surface area contributed by atoms with Gasteiger partial charge in [0, 0.05) is 13.0 Å². The molecular weight excluding hydrogens is 352 g/mol. The van der Waals surface area contributed by atoms with E-state index in [9.17, 15) is 9.59 Å². The molecule has 26 heavy (non-hydrogen) atoms. The quantitative estimate of drug-likeness (QED) is 0.556. The van der Waals surface area contributed by atoms with Gasteiger partial charge < -0.3 is 9.47 Å². The van der Waals surface area contributed by atoms with Crippen molar-refractivity contribution in [3.05, 3.63) is 40.4 Å². The van der Waals surface area contributed by atoms with E-state index in [4.69, 9.17) is 9.47 Å². The first kappa shape index (κ1) is 19.7. The maximum absolute atomic E-state index is 12.1. The number of ketones is 1. The Bertz CT molecular complexity index is 827. The third kappa shape index (κ3) is 5.16. The van der Waals surface area contributed by atoms with Crippen LogP contribution >= 0.6 is 11.3 Å². The van der Waals surface area contributed by atoms with Crippen molar-refractivity contribution in [3.8, 4) is 11.5 Å². The lowest BCUT2D eigenvalue weighted by Crippen LogP contribution is -2.07. The highest BCUT2D eigenvalue weighted by Crippen LogP contribution is 2.28. The molecule has 1 aromatic heterocycles. The van der Waals surface area contributed by atoms with Crippen molar-refractivity contribution >= 4 is 34.2 Å². The van der Waals surface area contributed by atoms with E-state index in [-0.39, 0.29) is 11.7 Å². The second kappa shape index (κ2) is 9.15. The van der Waals surface area contributed by atoms with Crippen LogP contribution in [0, 0.1) is 6.92 Å². The fourth-order valence-electron chi connectivity index (χ4n) is 2.21.